The lowest BCUT2D eigenvalue weighted by Gasteiger charge is -2.20. The number of ether oxygens (including phenoxy) is 2. The van der Waals surface area contributed by atoms with Crippen molar-refractivity contribution in [1.82, 2.24) is 5.32 Å². The van der Waals surface area contributed by atoms with Gasteiger partial charge in [-0.15, -0.1) is 24.8 Å². The third-order valence-electron chi connectivity index (χ3n) is 3.95. The summed E-state index contributed by atoms with van der Waals surface area (Å²) in [5.41, 5.74) is 6.86. The van der Waals surface area contributed by atoms with Crippen LogP contribution in [-0.2, 0) is 9.53 Å². The van der Waals surface area contributed by atoms with E-state index in [0.717, 1.165) is 30.9 Å². The Morgan fingerprint density at radius 3 is 2.83 bits per heavy atom. The number of anilines is 1. The Labute approximate surface area is 155 Å². The lowest BCUT2D eigenvalue weighted by atomic mass is 10.1. The molecule has 0 saturated carbocycles. The maximum absolute atomic E-state index is 11.8. The second-order valence-electron chi connectivity index (χ2n) is 5.61. The maximum Gasteiger partial charge on any atom is 0.239 e. The van der Waals surface area contributed by atoms with Crippen LogP contribution in [0.5, 0.6) is 5.75 Å². The minimum absolute atomic E-state index is 0. The molecule has 24 heavy (non-hydrogen) atoms. The van der Waals surface area contributed by atoms with E-state index >= 15 is 0 Å². The van der Waals surface area contributed by atoms with Crippen molar-refractivity contribution in [3.8, 4) is 5.75 Å². The quantitative estimate of drug-likeness (QED) is 0.749. The molecule has 1 aromatic carbocycles. The fraction of sp³-hybridized carbons (Fsp3) is 0.562. The van der Waals surface area contributed by atoms with Gasteiger partial charge in [-0.25, -0.2) is 0 Å². The van der Waals surface area contributed by atoms with Gasteiger partial charge in [0.05, 0.1) is 13.7 Å². The first-order chi connectivity index (χ1) is 10.6. The molecule has 138 valence electrons. The molecule has 1 aliphatic heterocycles. The average molecular weight is 380 g/mol. The number of rotatable bonds is 7. The highest BCUT2D eigenvalue weighted by Crippen LogP contribution is 2.26. The molecule has 0 aromatic heterocycles. The molecule has 0 radical (unpaired) electrons. The molecule has 8 heteroatoms. The molecule has 1 heterocycles. The highest BCUT2D eigenvalue weighted by atomic mass is 35.5. The topological polar surface area (TPSA) is 76.8 Å². The molecule has 6 nitrogen and oxygen atoms in total. The Bertz CT molecular complexity index is 505. The van der Waals surface area contributed by atoms with Crippen LogP contribution in [0.1, 0.15) is 6.42 Å². The minimum Gasteiger partial charge on any atom is -0.497 e. The van der Waals surface area contributed by atoms with Crippen molar-refractivity contribution in [2.24, 2.45) is 11.7 Å². The van der Waals surface area contributed by atoms with Crippen LogP contribution in [0, 0.1) is 5.92 Å². The fourth-order valence-electron chi connectivity index (χ4n) is 2.67. The summed E-state index contributed by atoms with van der Waals surface area (Å²) in [5.74, 6) is 1.14. The molecule has 0 bridgehead atoms. The van der Waals surface area contributed by atoms with Gasteiger partial charge in [0, 0.05) is 38.5 Å². The molecule has 1 aliphatic rings. The highest BCUT2D eigenvalue weighted by molar-refractivity contribution is 5.85. The number of carbonyl (C=O) groups excluding carboxylic acids is 1. The third-order valence-corrected chi connectivity index (χ3v) is 3.95. The van der Waals surface area contributed by atoms with E-state index in [1.165, 1.54) is 7.11 Å². The van der Waals surface area contributed by atoms with E-state index in [1.807, 2.05) is 18.2 Å². The van der Waals surface area contributed by atoms with Crippen molar-refractivity contribution in [2.45, 2.75) is 12.5 Å². The van der Waals surface area contributed by atoms with Crippen molar-refractivity contribution >= 4 is 36.4 Å². The summed E-state index contributed by atoms with van der Waals surface area (Å²) in [7, 11) is 3.21. The van der Waals surface area contributed by atoms with Crippen LogP contribution in [0.3, 0.4) is 0 Å². The number of amides is 1. The molecule has 1 aromatic rings. The van der Waals surface area contributed by atoms with Crippen molar-refractivity contribution in [2.75, 3.05) is 45.4 Å². The van der Waals surface area contributed by atoms with Gasteiger partial charge in [-0.1, -0.05) is 6.07 Å². The number of nitrogens with zero attached hydrogens (tertiary/aromatic N) is 1. The van der Waals surface area contributed by atoms with Gasteiger partial charge >= 0.3 is 0 Å². The number of hydrogen-bond donors (Lipinski definition) is 2. The largest absolute Gasteiger partial charge is 0.497 e. The molecule has 2 atom stereocenters. The predicted octanol–water partition coefficient (Wildman–Crippen LogP) is 1.46. The zero-order valence-electron chi connectivity index (χ0n) is 14.1. The maximum atomic E-state index is 11.8. The summed E-state index contributed by atoms with van der Waals surface area (Å²) >= 11 is 0. The van der Waals surface area contributed by atoms with E-state index < -0.39 is 6.04 Å². The van der Waals surface area contributed by atoms with E-state index in [-0.39, 0.29) is 37.3 Å². The van der Waals surface area contributed by atoms with E-state index in [9.17, 15) is 4.79 Å². The molecule has 2 unspecified atom stereocenters. The molecule has 1 saturated heterocycles. The molecule has 0 aliphatic carbocycles. The SMILES string of the molecule is COCC(N)C(=O)NCC1CCN(c2cccc(OC)c2)C1.Cl.Cl. The summed E-state index contributed by atoms with van der Waals surface area (Å²) in [5, 5.41) is 2.91. The van der Waals surface area contributed by atoms with Crippen LogP contribution in [0.4, 0.5) is 5.69 Å². The van der Waals surface area contributed by atoms with Crippen LogP contribution >= 0.6 is 24.8 Å². The van der Waals surface area contributed by atoms with Crippen molar-refractivity contribution in [3.05, 3.63) is 24.3 Å². The Morgan fingerprint density at radius 2 is 2.17 bits per heavy atom. The van der Waals surface area contributed by atoms with E-state index in [1.54, 1.807) is 7.11 Å². The van der Waals surface area contributed by atoms with Crippen LogP contribution in [0.15, 0.2) is 24.3 Å². The van der Waals surface area contributed by atoms with Gasteiger partial charge in [0.25, 0.3) is 0 Å². The smallest absolute Gasteiger partial charge is 0.239 e. The molecule has 3 N–H and O–H groups in total. The highest BCUT2D eigenvalue weighted by Gasteiger charge is 2.24. The van der Waals surface area contributed by atoms with Crippen molar-refractivity contribution < 1.29 is 14.3 Å². The summed E-state index contributed by atoms with van der Waals surface area (Å²) in [4.78, 5) is 14.1. The van der Waals surface area contributed by atoms with Gasteiger partial charge in [0.1, 0.15) is 11.8 Å². The second kappa shape index (κ2) is 11.4. The number of hydrogen-bond acceptors (Lipinski definition) is 5. The number of nitrogens with one attached hydrogen (secondary N) is 1. The number of methoxy groups -OCH3 is 2. The predicted molar refractivity (Wildman–Crippen MR) is 101 cm³/mol. The van der Waals surface area contributed by atoms with E-state index in [0.29, 0.717) is 12.5 Å². The van der Waals surface area contributed by atoms with Gasteiger partial charge in [-0.3, -0.25) is 4.79 Å². The lowest BCUT2D eigenvalue weighted by molar-refractivity contribution is -0.123. The van der Waals surface area contributed by atoms with Crippen LogP contribution in [0.2, 0.25) is 0 Å². The average Bonchev–Trinajstić information content (AvgIpc) is 3.02. The summed E-state index contributed by atoms with van der Waals surface area (Å²) in [6.07, 6.45) is 1.05. The third kappa shape index (κ3) is 6.36. The first kappa shape index (κ1) is 22.8. The Morgan fingerprint density at radius 1 is 1.42 bits per heavy atom. The zero-order chi connectivity index (χ0) is 15.9. The normalized spacial score (nSPS) is 17.5. The molecule has 1 fully saturated rings. The van der Waals surface area contributed by atoms with Crippen LogP contribution < -0.4 is 20.7 Å². The number of benzene rings is 1. The van der Waals surface area contributed by atoms with Crippen molar-refractivity contribution in [3.63, 3.8) is 0 Å². The molecule has 2 rings (SSSR count). The van der Waals surface area contributed by atoms with Crippen LogP contribution in [-0.4, -0.2) is 52.4 Å². The number of nitrogens with two attached hydrogens (primary N) is 1. The van der Waals surface area contributed by atoms with Gasteiger partial charge in [-0.2, -0.15) is 0 Å². The fourth-order valence-corrected chi connectivity index (χ4v) is 2.67. The monoisotopic (exact) mass is 379 g/mol. The summed E-state index contributed by atoms with van der Waals surface area (Å²) in [6, 6.07) is 7.45. The van der Waals surface area contributed by atoms with Gasteiger partial charge in [-0.05, 0) is 24.5 Å². The number of halogens is 2. The molecular weight excluding hydrogens is 353 g/mol. The standard InChI is InChI=1S/C16H25N3O3.2ClH/c1-21-11-15(17)16(20)18-9-12-6-7-19(10-12)13-4-3-5-14(8-13)22-2;;/h3-5,8,12,15H,6-7,9-11,17H2,1-2H3,(H,18,20);2*1H. The summed E-state index contributed by atoms with van der Waals surface area (Å²) < 4.78 is 10.1. The zero-order valence-corrected chi connectivity index (χ0v) is 15.7. The lowest BCUT2D eigenvalue weighted by Crippen LogP contribution is -2.45. The van der Waals surface area contributed by atoms with E-state index in [4.69, 9.17) is 15.2 Å². The van der Waals surface area contributed by atoms with Gasteiger partial charge in [0.15, 0.2) is 0 Å². The first-order valence-electron chi connectivity index (χ1n) is 7.55. The van der Waals surface area contributed by atoms with Crippen LogP contribution in [0.25, 0.3) is 0 Å². The molecular formula is C16H27Cl2N3O3. The Hall–Kier alpha value is -1.21. The summed E-state index contributed by atoms with van der Waals surface area (Å²) in [6.45, 7) is 2.80. The molecule has 1 amide bonds. The van der Waals surface area contributed by atoms with Crippen molar-refractivity contribution in [1.29, 1.82) is 0 Å². The Kier molecular flexibility index (Phi) is 10.8. The van der Waals surface area contributed by atoms with E-state index in [2.05, 4.69) is 16.3 Å². The first-order valence-corrected chi connectivity index (χ1v) is 7.55. The number of carbonyl (C=O) groups is 1. The van der Waals surface area contributed by atoms with Gasteiger partial charge in [0.2, 0.25) is 5.91 Å². The second-order valence-corrected chi connectivity index (χ2v) is 5.61. The molecule has 0 spiro atoms. The minimum atomic E-state index is -0.596. The van der Waals surface area contributed by atoms with Gasteiger partial charge < -0.3 is 25.4 Å². The Balaban J connectivity index is 0.00000264.